The van der Waals surface area contributed by atoms with Gasteiger partial charge in [-0.25, -0.2) is 0 Å². The summed E-state index contributed by atoms with van der Waals surface area (Å²) in [7, 11) is 1.79. The summed E-state index contributed by atoms with van der Waals surface area (Å²) in [6, 6.07) is -0.0806. The standard InChI is InChI=1S/C9H18N2O/c1-4-6-7-8(10-3)9(12)11-5-2/h4,8,10H,1,5-7H2,2-3H3,(H,11,12). The first-order chi connectivity index (χ1) is 5.76. The van der Waals surface area contributed by atoms with Gasteiger partial charge in [0.1, 0.15) is 0 Å². The highest BCUT2D eigenvalue weighted by Crippen LogP contribution is 1.96. The zero-order valence-electron chi connectivity index (χ0n) is 7.89. The van der Waals surface area contributed by atoms with Crippen LogP contribution in [0, 0.1) is 0 Å². The van der Waals surface area contributed by atoms with E-state index in [-0.39, 0.29) is 11.9 Å². The van der Waals surface area contributed by atoms with Crippen LogP contribution in [0.3, 0.4) is 0 Å². The molecule has 0 aliphatic rings. The van der Waals surface area contributed by atoms with Crippen LogP contribution in [-0.2, 0) is 4.79 Å². The van der Waals surface area contributed by atoms with E-state index in [4.69, 9.17) is 0 Å². The first-order valence-electron chi connectivity index (χ1n) is 4.32. The molecule has 1 unspecified atom stereocenters. The van der Waals surface area contributed by atoms with E-state index < -0.39 is 0 Å². The molecule has 1 atom stereocenters. The third kappa shape index (κ3) is 4.13. The summed E-state index contributed by atoms with van der Waals surface area (Å²) < 4.78 is 0. The number of likely N-dealkylation sites (N-methyl/N-ethyl adjacent to an activating group) is 2. The maximum Gasteiger partial charge on any atom is 0.237 e. The monoisotopic (exact) mass is 170 g/mol. The Labute approximate surface area is 74.2 Å². The van der Waals surface area contributed by atoms with Crippen LogP contribution in [-0.4, -0.2) is 25.5 Å². The van der Waals surface area contributed by atoms with Gasteiger partial charge in [-0.05, 0) is 26.8 Å². The van der Waals surface area contributed by atoms with E-state index in [1.165, 1.54) is 0 Å². The van der Waals surface area contributed by atoms with Crippen LogP contribution < -0.4 is 10.6 Å². The molecule has 0 spiro atoms. The van der Waals surface area contributed by atoms with E-state index in [0.717, 1.165) is 12.8 Å². The number of allylic oxidation sites excluding steroid dienone is 1. The smallest absolute Gasteiger partial charge is 0.237 e. The van der Waals surface area contributed by atoms with Gasteiger partial charge in [-0.1, -0.05) is 6.08 Å². The molecule has 0 bridgehead atoms. The molecule has 70 valence electrons. The summed E-state index contributed by atoms with van der Waals surface area (Å²) in [5.74, 6) is 0.0712. The first-order valence-corrected chi connectivity index (χ1v) is 4.32. The number of hydrogen-bond donors (Lipinski definition) is 2. The molecular weight excluding hydrogens is 152 g/mol. The summed E-state index contributed by atoms with van der Waals surface area (Å²) in [5.41, 5.74) is 0. The lowest BCUT2D eigenvalue weighted by atomic mass is 10.1. The lowest BCUT2D eigenvalue weighted by Crippen LogP contribution is -2.42. The van der Waals surface area contributed by atoms with Gasteiger partial charge in [0.15, 0.2) is 0 Å². The van der Waals surface area contributed by atoms with E-state index in [9.17, 15) is 4.79 Å². The quantitative estimate of drug-likeness (QED) is 0.575. The molecule has 0 aliphatic heterocycles. The summed E-state index contributed by atoms with van der Waals surface area (Å²) >= 11 is 0. The number of rotatable bonds is 6. The Kier molecular flexibility index (Phi) is 6.38. The highest BCUT2D eigenvalue weighted by atomic mass is 16.2. The van der Waals surface area contributed by atoms with Crippen molar-refractivity contribution in [1.82, 2.24) is 10.6 Å². The van der Waals surface area contributed by atoms with Crippen molar-refractivity contribution in [2.75, 3.05) is 13.6 Å². The van der Waals surface area contributed by atoms with Gasteiger partial charge in [-0.2, -0.15) is 0 Å². The van der Waals surface area contributed by atoms with Crippen LogP contribution in [0.15, 0.2) is 12.7 Å². The van der Waals surface area contributed by atoms with Crippen molar-refractivity contribution in [3.63, 3.8) is 0 Å². The van der Waals surface area contributed by atoms with Crippen LogP contribution in [0.25, 0.3) is 0 Å². The third-order valence-electron chi connectivity index (χ3n) is 1.68. The minimum Gasteiger partial charge on any atom is -0.355 e. The Morgan fingerprint density at radius 2 is 2.33 bits per heavy atom. The maximum atomic E-state index is 11.3. The molecule has 0 saturated carbocycles. The number of carbonyl (C=O) groups is 1. The van der Waals surface area contributed by atoms with E-state index in [2.05, 4.69) is 17.2 Å². The van der Waals surface area contributed by atoms with Crippen LogP contribution >= 0.6 is 0 Å². The molecule has 1 amide bonds. The van der Waals surface area contributed by atoms with Crippen molar-refractivity contribution in [2.45, 2.75) is 25.8 Å². The second-order valence-electron chi connectivity index (χ2n) is 2.60. The Morgan fingerprint density at radius 3 is 2.75 bits per heavy atom. The Morgan fingerprint density at radius 1 is 1.67 bits per heavy atom. The fourth-order valence-electron chi connectivity index (χ4n) is 0.988. The van der Waals surface area contributed by atoms with Crippen molar-refractivity contribution >= 4 is 5.91 Å². The molecule has 3 heteroatoms. The van der Waals surface area contributed by atoms with E-state index in [1.54, 1.807) is 7.05 Å². The Balaban J connectivity index is 3.78. The van der Waals surface area contributed by atoms with E-state index >= 15 is 0 Å². The highest BCUT2D eigenvalue weighted by molar-refractivity contribution is 5.81. The molecule has 0 aromatic rings. The molecule has 0 heterocycles. The molecule has 0 fully saturated rings. The minimum atomic E-state index is -0.0806. The van der Waals surface area contributed by atoms with Crippen molar-refractivity contribution in [3.8, 4) is 0 Å². The van der Waals surface area contributed by atoms with Gasteiger partial charge in [-0.3, -0.25) is 4.79 Å². The van der Waals surface area contributed by atoms with Crippen molar-refractivity contribution in [1.29, 1.82) is 0 Å². The lowest BCUT2D eigenvalue weighted by molar-refractivity contribution is -0.123. The van der Waals surface area contributed by atoms with Crippen LogP contribution in [0.2, 0.25) is 0 Å². The van der Waals surface area contributed by atoms with E-state index in [0.29, 0.717) is 6.54 Å². The second-order valence-corrected chi connectivity index (χ2v) is 2.60. The van der Waals surface area contributed by atoms with Gasteiger partial charge >= 0.3 is 0 Å². The average molecular weight is 170 g/mol. The fraction of sp³-hybridized carbons (Fsp3) is 0.667. The van der Waals surface area contributed by atoms with Gasteiger partial charge in [0.25, 0.3) is 0 Å². The Bertz CT molecular complexity index is 145. The van der Waals surface area contributed by atoms with Gasteiger partial charge in [0, 0.05) is 6.54 Å². The molecular formula is C9H18N2O. The van der Waals surface area contributed by atoms with Crippen LogP contribution in [0.4, 0.5) is 0 Å². The molecule has 0 rings (SSSR count). The first kappa shape index (κ1) is 11.2. The predicted octanol–water partition coefficient (Wildman–Crippen LogP) is 0.677. The largest absolute Gasteiger partial charge is 0.355 e. The average Bonchev–Trinajstić information content (AvgIpc) is 2.06. The SMILES string of the molecule is C=CCCC(NC)C(=O)NCC. The second kappa shape index (κ2) is 6.85. The molecule has 0 saturated heterocycles. The zero-order chi connectivity index (χ0) is 9.40. The van der Waals surface area contributed by atoms with Crippen molar-refractivity contribution in [3.05, 3.63) is 12.7 Å². The maximum absolute atomic E-state index is 11.3. The summed E-state index contributed by atoms with van der Waals surface area (Å²) in [6.07, 6.45) is 3.50. The minimum absolute atomic E-state index is 0.0712. The van der Waals surface area contributed by atoms with Gasteiger partial charge in [0.05, 0.1) is 6.04 Å². The normalized spacial score (nSPS) is 12.2. The van der Waals surface area contributed by atoms with Gasteiger partial charge in [0.2, 0.25) is 5.91 Å². The number of amides is 1. The summed E-state index contributed by atoms with van der Waals surface area (Å²) in [4.78, 5) is 11.3. The van der Waals surface area contributed by atoms with Crippen molar-refractivity contribution < 1.29 is 4.79 Å². The molecule has 12 heavy (non-hydrogen) atoms. The number of hydrogen-bond acceptors (Lipinski definition) is 2. The van der Waals surface area contributed by atoms with Crippen LogP contribution in [0.1, 0.15) is 19.8 Å². The summed E-state index contributed by atoms with van der Waals surface area (Å²) in [5, 5.41) is 5.73. The molecule has 0 aromatic heterocycles. The third-order valence-corrected chi connectivity index (χ3v) is 1.68. The zero-order valence-corrected chi connectivity index (χ0v) is 7.89. The lowest BCUT2D eigenvalue weighted by Gasteiger charge is -2.13. The molecule has 3 nitrogen and oxygen atoms in total. The number of nitrogens with one attached hydrogen (secondary N) is 2. The van der Waals surface area contributed by atoms with Crippen LogP contribution in [0.5, 0.6) is 0 Å². The highest BCUT2D eigenvalue weighted by Gasteiger charge is 2.13. The molecule has 0 aliphatic carbocycles. The van der Waals surface area contributed by atoms with Crippen molar-refractivity contribution in [2.24, 2.45) is 0 Å². The topological polar surface area (TPSA) is 41.1 Å². The number of carbonyl (C=O) groups excluding carboxylic acids is 1. The fourth-order valence-corrected chi connectivity index (χ4v) is 0.988. The van der Waals surface area contributed by atoms with Gasteiger partial charge in [-0.15, -0.1) is 6.58 Å². The Hall–Kier alpha value is -0.830. The summed E-state index contributed by atoms with van der Waals surface area (Å²) in [6.45, 7) is 6.21. The van der Waals surface area contributed by atoms with Gasteiger partial charge < -0.3 is 10.6 Å². The molecule has 0 radical (unpaired) electrons. The van der Waals surface area contributed by atoms with E-state index in [1.807, 2.05) is 13.0 Å². The molecule has 2 N–H and O–H groups in total. The molecule has 0 aromatic carbocycles. The predicted molar refractivity (Wildman–Crippen MR) is 51.0 cm³/mol.